The number of benzene rings is 1. The van der Waals surface area contributed by atoms with Crippen LogP contribution in [0, 0.1) is 0 Å². The van der Waals surface area contributed by atoms with E-state index in [1.54, 1.807) is 0 Å². The van der Waals surface area contributed by atoms with Crippen LogP contribution in [0.4, 0.5) is 0 Å². The normalized spacial score (nSPS) is 10.9. The van der Waals surface area contributed by atoms with Crippen LogP contribution in [-0.2, 0) is 6.54 Å². The molecule has 0 atom stereocenters. The van der Waals surface area contributed by atoms with Gasteiger partial charge in [0.05, 0.1) is 5.52 Å². The molecule has 0 unspecified atom stereocenters. The number of hydrogen-bond donors (Lipinski definition) is 0. The fourth-order valence-corrected chi connectivity index (χ4v) is 2.54. The first kappa shape index (κ1) is 16.5. The van der Waals surface area contributed by atoms with Crippen molar-refractivity contribution in [3.63, 3.8) is 0 Å². The summed E-state index contributed by atoms with van der Waals surface area (Å²) in [7, 11) is 4.20. The van der Waals surface area contributed by atoms with Crippen molar-refractivity contribution in [3.8, 4) is 11.3 Å². The van der Waals surface area contributed by atoms with Crippen LogP contribution in [0.2, 0.25) is 0 Å². The minimum atomic E-state index is 0. The minimum absolute atomic E-state index is 0. The second-order valence-corrected chi connectivity index (χ2v) is 5.49. The van der Waals surface area contributed by atoms with E-state index in [1.165, 1.54) is 0 Å². The van der Waals surface area contributed by atoms with Gasteiger partial charge < -0.3 is 4.90 Å². The molecule has 2 aromatic heterocycles. The molecule has 5 heteroatoms. The number of aryl methyl sites for hydroxylation is 1. The molecular weight excluding hydrogens is 296 g/mol. The van der Waals surface area contributed by atoms with E-state index in [9.17, 15) is 0 Å². The summed E-state index contributed by atoms with van der Waals surface area (Å²) in [5, 5.41) is 5.93. The Morgan fingerprint density at radius 3 is 2.59 bits per heavy atom. The molecule has 4 nitrogen and oxygen atoms in total. The van der Waals surface area contributed by atoms with Crippen molar-refractivity contribution in [1.82, 2.24) is 19.7 Å². The molecule has 0 spiro atoms. The van der Waals surface area contributed by atoms with Gasteiger partial charge in [-0.25, -0.2) is 0 Å². The zero-order valence-electron chi connectivity index (χ0n) is 12.9. The van der Waals surface area contributed by atoms with Crippen molar-refractivity contribution in [1.29, 1.82) is 0 Å². The summed E-state index contributed by atoms with van der Waals surface area (Å²) in [4.78, 5) is 6.46. The second kappa shape index (κ2) is 7.38. The molecule has 0 radical (unpaired) electrons. The first-order valence-corrected chi connectivity index (χ1v) is 7.26. The molecule has 0 N–H and O–H groups in total. The second-order valence-electron chi connectivity index (χ2n) is 5.49. The zero-order valence-corrected chi connectivity index (χ0v) is 13.8. The Kier molecular flexibility index (Phi) is 5.52. The molecule has 0 amide bonds. The fraction of sp³-hybridized carbons (Fsp3) is 0.294. The summed E-state index contributed by atoms with van der Waals surface area (Å²) < 4.78 is 2.10. The van der Waals surface area contributed by atoms with Crippen molar-refractivity contribution in [3.05, 3.63) is 48.8 Å². The Hall–Kier alpha value is -1.91. The highest BCUT2D eigenvalue weighted by molar-refractivity contribution is 5.92. The predicted octanol–water partition coefficient (Wildman–Crippen LogP) is 3.47. The summed E-state index contributed by atoms with van der Waals surface area (Å²) in [5.41, 5.74) is 3.31. The summed E-state index contributed by atoms with van der Waals surface area (Å²) in [5.74, 6) is 0. The summed E-state index contributed by atoms with van der Waals surface area (Å²) in [6.45, 7) is 1.98. The largest absolute Gasteiger partial charge is 0.309 e. The maximum atomic E-state index is 4.81. The molecule has 3 aromatic rings. The van der Waals surface area contributed by atoms with Crippen LogP contribution < -0.4 is 0 Å². The molecule has 22 heavy (non-hydrogen) atoms. The van der Waals surface area contributed by atoms with Crippen LogP contribution in [0.5, 0.6) is 0 Å². The SMILES string of the molecule is CN(C)CCCn1nc(-c2ccccc2)c2cnccc21.Cl. The molecule has 3 rings (SSSR count). The third-order valence-corrected chi connectivity index (χ3v) is 3.57. The van der Waals surface area contributed by atoms with Gasteiger partial charge in [-0.1, -0.05) is 30.3 Å². The lowest BCUT2D eigenvalue weighted by Crippen LogP contribution is -2.15. The van der Waals surface area contributed by atoms with Gasteiger partial charge in [0.2, 0.25) is 0 Å². The van der Waals surface area contributed by atoms with Crippen molar-refractivity contribution < 1.29 is 0 Å². The molecule has 2 heterocycles. The lowest BCUT2D eigenvalue weighted by atomic mass is 10.1. The molecule has 1 aromatic carbocycles. The molecule has 0 bridgehead atoms. The van der Waals surface area contributed by atoms with Crippen molar-refractivity contribution >= 4 is 23.3 Å². The highest BCUT2D eigenvalue weighted by atomic mass is 35.5. The Morgan fingerprint density at radius 2 is 1.86 bits per heavy atom. The Bertz CT molecular complexity index is 722. The van der Waals surface area contributed by atoms with Gasteiger partial charge in [-0.15, -0.1) is 12.4 Å². The summed E-state index contributed by atoms with van der Waals surface area (Å²) in [6.07, 6.45) is 4.83. The van der Waals surface area contributed by atoms with Gasteiger partial charge in [-0.2, -0.15) is 5.10 Å². The lowest BCUT2D eigenvalue weighted by molar-refractivity contribution is 0.383. The number of fused-ring (bicyclic) bond motifs is 1. The highest BCUT2D eigenvalue weighted by Gasteiger charge is 2.11. The number of halogens is 1. The maximum Gasteiger partial charge on any atom is 0.102 e. The van der Waals surface area contributed by atoms with Gasteiger partial charge in [0.1, 0.15) is 5.69 Å². The molecule has 0 fully saturated rings. The number of pyridine rings is 1. The van der Waals surface area contributed by atoms with E-state index in [0.717, 1.165) is 41.7 Å². The average molecular weight is 317 g/mol. The van der Waals surface area contributed by atoms with E-state index < -0.39 is 0 Å². The standard InChI is InChI=1S/C17H20N4.ClH/c1-20(2)11-6-12-21-16-9-10-18-13-15(16)17(19-21)14-7-4-3-5-8-14;/h3-5,7-10,13H,6,11-12H2,1-2H3;1H. The zero-order chi connectivity index (χ0) is 14.7. The molecular formula is C17H21ClN4. The van der Waals surface area contributed by atoms with E-state index in [1.807, 2.05) is 36.7 Å². The van der Waals surface area contributed by atoms with Crippen molar-refractivity contribution in [2.75, 3.05) is 20.6 Å². The lowest BCUT2D eigenvalue weighted by Gasteiger charge is -2.09. The van der Waals surface area contributed by atoms with Crippen LogP contribution in [0.15, 0.2) is 48.8 Å². The minimum Gasteiger partial charge on any atom is -0.309 e. The van der Waals surface area contributed by atoms with E-state index >= 15 is 0 Å². The van der Waals surface area contributed by atoms with Gasteiger partial charge in [-0.3, -0.25) is 9.67 Å². The average Bonchev–Trinajstić information content (AvgIpc) is 2.87. The van der Waals surface area contributed by atoms with Crippen molar-refractivity contribution in [2.45, 2.75) is 13.0 Å². The van der Waals surface area contributed by atoms with Crippen LogP contribution >= 0.6 is 12.4 Å². The summed E-state index contributed by atoms with van der Waals surface area (Å²) >= 11 is 0. The van der Waals surface area contributed by atoms with Crippen LogP contribution in [-0.4, -0.2) is 40.3 Å². The van der Waals surface area contributed by atoms with Gasteiger partial charge in [0, 0.05) is 29.9 Å². The number of aromatic nitrogens is 3. The Morgan fingerprint density at radius 1 is 1.09 bits per heavy atom. The molecule has 0 saturated heterocycles. The van der Waals surface area contributed by atoms with Gasteiger partial charge in [-0.05, 0) is 33.1 Å². The Balaban J connectivity index is 0.00000176. The summed E-state index contributed by atoms with van der Waals surface area (Å²) in [6, 6.07) is 12.4. The fourth-order valence-electron chi connectivity index (χ4n) is 2.54. The van der Waals surface area contributed by atoms with Crippen molar-refractivity contribution in [2.24, 2.45) is 0 Å². The quantitative estimate of drug-likeness (QED) is 0.722. The third-order valence-electron chi connectivity index (χ3n) is 3.57. The monoisotopic (exact) mass is 316 g/mol. The third kappa shape index (κ3) is 3.46. The van der Waals surface area contributed by atoms with E-state index in [-0.39, 0.29) is 12.4 Å². The van der Waals surface area contributed by atoms with Gasteiger partial charge in [0.25, 0.3) is 0 Å². The van der Waals surface area contributed by atoms with E-state index in [4.69, 9.17) is 5.10 Å². The van der Waals surface area contributed by atoms with Crippen LogP contribution in [0.25, 0.3) is 22.2 Å². The smallest absolute Gasteiger partial charge is 0.102 e. The van der Waals surface area contributed by atoms with E-state index in [0.29, 0.717) is 0 Å². The Labute approximate surface area is 137 Å². The highest BCUT2D eigenvalue weighted by Crippen LogP contribution is 2.27. The first-order chi connectivity index (χ1) is 10.3. The molecule has 0 saturated carbocycles. The van der Waals surface area contributed by atoms with Gasteiger partial charge >= 0.3 is 0 Å². The first-order valence-electron chi connectivity index (χ1n) is 7.26. The topological polar surface area (TPSA) is 34.0 Å². The molecule has 116 valence electrons. The van der Waals surface area contributed by atoms with E-state index in [2.05, 4.69) is 40.8 Å². The molecule has 0 aliphatic carbocycles. The molecule has 0 aliphatic rings. The number of nitrogens with zero attached hydrogens (tertiary/aromatic N) is 4. The van der Waals surface area contributed by atoms with Gasteiger partial charge in [0.15, 0.2) is 0 Å². The number of hydrogen-bond acceptors (Lipinski definition) is 3. The predicted molar refractivity (Wildman–Crippen MR) is 93.4 cm³/mol. The van der Waals surface area contributed by atoms with Crippen LogP contribution in [0.3, 0.4) is 0 Å². The van der Waals surface area contributed by atoms with Crippen LogP contribution in [0.1, 0.15) is 6.42 Å². The molecule has 0 aliphatic heterocycles. The maximum absolute atomic E-state index is 4.81. The number of rotatable bonds is 5.